The minimum Gasteiger partial charge on any atom is -0.379 e. The van der Waals surface area contributed by atoms with Crippen molar-refractivity contribution in [1.29, 1.82) is 0 Å². The third-order valence-corrected chi connectivity index (χ3v) is 3.04. The number of hydrogen-bond acceptors (Lipinski definition) is 3. The lowest BCUT2D eigenvalue weighted by Crippen LogP contribution is -2.05. The van der Waals surface area contributed by atoms with Crippen LogP contribution in [0.2, 0.25) is 5.02 Å². The van der Waals surface area contributed by atoms with Crippen LogP contribution in [-0.2, 0) is 0 Å². The smallest absolute Gasteiger partial charge is 0.310 e. The zero-order valence-electron chi connectivity index (χ0n) is 8.78. The molecule has 1 saturated carbocycles. The fourth-order valence-corrected chi connectivity index (χ4v) is 1.90. The lowest BCUT2D eigenvalue weighted by molar-refractivity contribution is -0.383. The summed E-state index contributed by atoms with van der Waals surface area (Å²) in [4.78, 5) is 10.4. The Balaban J connectivity index is 2.05. The zero-order chi connectivity index (χ0) is 11.5. The minimum atomic E-state index is -0.443. The van der Waals surface area contributed by atoms with Crippen LogP contribution in [0.15, 0.2) is 18.2 Å². The van der Waals surface area contributed by atoms with Gasteiger partial charge >= 0.3 is 5.69 Å². The van der Waals surface area contributed by atoms with Crippen molar-refractivity contribution in [2.45, 2.75) is 19.3 Å². The molecule has 0 spiro atoms. The van der Waals surface area contributed by atoms with E-state index in [1.807, 2.05) is 0 Å². The zero-order valence-corrected chi connectivity index (χ0v) is 9.54. The Hall–Kier alpha value is -1.29. The maximum atomic E-state index is 10.8. The van der Waals surface area contributed by atoms with Crippen LogP contribution in [0.25, 0.3) is 0 Å². The van der Waals surface area contributed by atoms with Gasteiger partial charge in [0.25, 0.3) is 0 Å². The molecule has 1 aliphatic carbocycles. The molecule has 1 aliphatic rings. The second-order valence-corrected chi connectivity index (χ2v) is 4.46. The van der Waals surface area contributed by atoms with E-state index in [1.165, 1.54) is 18.9 Å². The topological polar surface area (TPSA) is 55.2 Å². The van der Waals surface area contributed by atoms with Crippen LogP contribution in [0.5, 0.6) is 0 Å². The van der Waals surface area contributed by atoms with Gasteiger partial charge in [-0.2, -0.15) is 0 Å². The van der Waals surface area contributed by atoms with Gasteiger partial charge in [0.2, 0.25) is 0 Å². The molecule has 0 aliphatic heterocycles. The summed E-state index contributed by atoms with van der Waals surface area (Å²) in [6.07, 6.45) is 3.66. The Morgan fingerprint density at radius 1 is 1.50 bits per heavy atom. The number of anilines is 1. The van der Waals surface area contributed by atoms with Crippen molar-refractivity contribution in [3.8, 4) is 0 Å². The molecule has 86 valence electrons. The van der Waals surface area contributed by atoms with Crippen LogP contribution in [0, 0.1) is 16.0 Å². The number of halogens is 1. The highest BCUT2D eigenvalue weighted by molar-refractivity contribution is 6.33. The number of nitrogens with zero attached hydrogens (tertiary/aromatic N) is 1. The maximum absolute atomic E-state index is 10.8. The Bertz CT molecular complexity index is 405. The third kappa shape index (κ3) is 2.64. The van der Waals surface area contributed by atoms with Gasteiger partial charge in [-0.25, -0.2) is 0 Å². The van der Waals surface area contributed by atoms with Crippen LogP contribution in [0.1, 0.15) is 19.3 Å². The van der Waals surface area contributed by atoms with E-state index in [0.29, 0.717) is 5.69 Å². The molecule has 0 amide bonds. The quantitative estimate of drug-likeness (QED) is 0.633. The molecule has 1 aromatic rings. The number of rotatable bonds is 5. The van der Waals surface area contributed by atoms with Gasteiger partial charge < -0.3 is 5.32 Å². The molecule has 1 N–H and O–H groups in total. The molecule has 0 radical (unpaired) electrons. The average Bonchev–Trinajstić information content (AvgIpc) is 3.01. The molecule has 1 aromatic carbocycles. The van der Waals surface area contributed by atoms with Gasteiger partial charge in [0.15, 0.2) is 0 Å². The molecular formula is C11H13ClN2O2. The van der Waals surface area contributed by atoms with Crippen molar-refractivity contribution < 1.29 is 4.92 Å². The first kappa shape index (κ1) is 11.2. The summed E-state index contributed by atoms with van der Waals surface area (Å²) in [5.74, 6) is 0.811. The molecule has 4 nitrogen and oxygen atoms in total. The number of nitrogens with one attached hydrogen (secondary N) is 1. The SMILES string of the molecule is O=[N+]([O-])c1c(Cl)cccc1NCCC1CC1. The standard InChI is InChI=1S/C11H13ClN2O2/c12-9-2-1-3-10(11(9)14(15)16)13-7-6-8-4-5-8/h1-3,8,13H,4-7H2. The summed E-state index contributed by atoms with van der Waals surface area (Å²) < 4.78 is 0. The number of para-hydroxylation sites is 1. The fraction of sp³-hybridized carbons (Fsp3) is 0.455. The van der Waals surface area contributed by atoms with Crippen LogP contribution < -0.4 is 5.32 Å². The number of nitro groups is 1. The lowest BCUT2D eigenvalue weighted by atomic mass is 10.2. The molecule has 0 saturated heterocycles. The molecule has 0 atom stereocenters. The lowest BCUT2D eigenvalue weighted by Gasteiger charge is -2.07. The average molecular weight is 241 g/mol. The van der Waals surface area contributed by atoms with Crippen molar-refractivity contribution in [3.63, 3.8) is 0 Å². The monoisotopic (exact) mass is 240 g/mol. The van der Waals surface area contributed by atoms with E-state index < -0.39 is 4.92 Å². The van der Waals surface area contributed by atoms with Crippen LogP contribution in [-0.4, -0.2) is 11.5 Å². The summed E-state index contributed by atoms with van der Waals surface area (Å²) >= 11 is 5.80. The number of nitro benzene ring substituents is 1. The predicted octanol–water partition coefficient (Wildman–Crippen LogP) is 3.46. The van der Waals surface area contributed by atoms with E-state index in [4.69, 9.17) is 11.6 Å². The summed E-state index contributed by atoms with van der Waals surface area (Å²) in [6.45, 7) is 0.770. The summed E-state index contributed by atoms with van der Waals surface area (Å²) in [6, 6.07) is 4.94. The highest BCUT2D eigenvalue weighted by Crippen LogP contribution is 2.34. The highest BCUT2D eigenvalue weighted by Gasteiger charge is 2.22. The van der Waals surface area contributed by atoms with E-state index >= 15 is 0 Å². The van der Waals surface area contributed by atoms with Gasteiger partial charge in [-0.15, -0.1) is 0 Å². The molecule has 5 heteroatoms. The van der Waals surface area contributed by atoms with E-state index in [9.17, 15) is 10.1 Å². The first-order valence-corrected chi connectivity index (χ1v) is 5.73. The third-order valence-electron chi connectivity index (χ3n) is 2.73. The molecule has 0 aromatic heterocycles. The van der Waals surface area contributed by atoms with Crippen molar-refractivity contribution in [2.24, 2.45) is 5.92 Å². The molecular weight excluding hydrogens is 228 g/mol. The minimum absolute atomic E-state index is 0.0278. The number of benzene rings is 1. The van der Waals surface area contributed by atoms with E-state index in [1.54, 1.807) is 12.1 Å². The van der Waals surface area contributed by atoms with Gasteiger partial charge in [-0.05, 0) is 24.5 Å². The Morgan fingerprint density at radius 2 is 2.25 bits per heavy atom. The molecule has 0 heterocycles. The fourth-order valence-electron chi connectivity index (χ4n) is 1.66. The number of hydrogen-bond donors (Lipinski definition) is 1. The second-order valence-electron chi connectivity index (χ2n) is 4.05. The van der Waals surface area contributed by atoms with Gasteiger partial charge in [0.1, 0.15) is 10.7 Å². The van der Waals surface area contributed by atoms with Crippen molar-refractivity contribution in [1.82, 2.24) is 0 Å². The highest BCUT2D eigenvalue weighted by atomic mass is 35.5. The molecule has 0 unspecified atom stereocenters. The first-order chi connectivity index (χ1) is 7.68. The van der Waals surface area contributed by atoms with Crippen molar-refractivity contribution in [3.05, 3.63) is 33.3 Å². The summed E-state index contributed by atoms with van der Waals surface area (Å²) in [7, 11) is 0. The van der Waals surface area contributed by atoms with Crippen LogP contribution >= 0.6 is 11.6 Å². The second kappa shape index (κ2) is 4.70. The largest absolute Gasteiger partial charge is 0.379 e. The van der Waals surface area contributed by atoms with E-state index in [2.05, 4.69) is 5.32 Å². The van der Waals surface area contributed by atoms with Gasteiger partial charge in [-0.1, -0.05) is 30.5 Å². The van der Waals surface area contributed by atoms with Crippen molar-refractivity contribution in [2.75, 3.05) is 11.9 Å². The first-order valence-electron chi connectivity index (χ1n) is 5.35. The molecule has 0 bridgehead atoms. The van der Waals surface area contributed by atoms with Crippen LogP contribution in [0.4, 0.5) is 11.4 Å². The predicted molar refractivity (Wildman–Crippen MR) is 63.9 cm³/mol. The molecule has 1 fully saturated rings. The summed E-state index contributed by atoms with van der Waals surface area (Å²) in [5.41, 5.74) is 0.484. The van der Waals surface area contributed by atoms with Crippen molar-refractivity contribution >= 4 is 23.0 Å². The van der Waals surface area contributed by atoms with Gasteiger partial charge in [-0.3, -0.25) is 10.1 Å². The van der Waals surface area contributed by atoms with Crippen LogP contribution in [0.3, 0.4) is 0 Å². The summed E-state index contributed by atoms with van der Waals surface area (Å²) in [5, 5.41) is 14.1. The Morgan fingerprint density at radius 3 is 2.88 bits per heavy atom. The molecule has 2 rings (SSSR count). The normalized spacial score (nSPS) is 14.8. The Kier molecular flexibility index (Phi) is 3.29. The van der Waals surface area contributed by atoms with Gasteiger partial charge in [0, 0.05) is 6.54 Å². The Labute approximate surface area is 98.8 Å². The molecule has 16 heavy (non-hydrogen) atoms. The maximum Gasteiger partial charge on any atom is 0.310 e. The van der Waals surface area contributed by atoms with E-state index in [-0.39, 0.29) is 10.7 Å². The van der Waals surface area contributed by atoms with E-state index in [0.717, 1.165) is 18.9 Å². The van der Waals surface area contributed by atoms with Gasteiger partial charge in [0.05, 0.1) is 4.92 Å².